The van der Waals surface area contributed by atoms with Crippen LogP contribution < -0.4 is 9.80 Å². The Balaban J connectivity index is 1.79. The number of nitrogens with zero attached hydrogens (tertiary/aromatic N) is 3. The molecule has 2 amide bonds. The van der Waals surface area contributed by atoms with E-state index in [0.29, 0.717) is 24.9 Å². The first-order valence-electron chi connectivity index (χ1n) is 17.2. The number of fused-ring (bicyclic) bond motifs is 1. The van der Waals surface area contributed by atoms with Gasteiger partial charge in [-0.15, -0.1) is 13.2 Å². The van der Waals surface area contributed by atoms with Crippen molar-refractivity contribution >= 4 is 29.2 Å². The van der Waals surface area contributed by atoms with Crippen LogP contribution in [-0.2, 0) is 23.9 Å². The van der Waals surface area contributed by atoms with Crippen LogP contribution in [0.25, 0.3) is 0 Å². The Hall–Kier alpha value is -3.17. The highest BCUT2D eigenvalue weighted by atomic mass is 16.6. The zero-order chi connectivity index (χ0) is 33.8. The van der Waals surface area contributed by atoms with Crippen LogP contribution in [0.2, 0.25) is 0 Å². The summed E-state index contributed by atoms with van der Waals surface area (Å²) in [5.41, 5.74) is -0.475. The number of unbranched alkanes of at least 4 members (excludes halogenated alkanes) is 2. The van der Waals surface area contributed by atoms with Crippen molar-refractivity contribution in [3.8, 4) is 0 Å². The van der Waals surface area contributed by atoms with E-state index < -0.39 is 41.1 Å². The number of rotatable bonds is 17. The summed E-state index contributed by atoms with van der Waals surface area (Å²) in [5, 5.41) is 10.7. The molecule has 3 saturated heterocycles. The number of carbonyl (C=O) groups excluding carboxylic acids is 3. The number of aliphatic hydroxyl groups excluding tert-OH is 1. The molecule has 0 saturated carbocycles. The van der Waals surface area contributed by atoms with E-state index in [1.54, 1.807) is 15.9 Å². The summed E-state index contributed by atoms with van der Waals surface area (Å²) in [6.45, 7) is 21.7. The zero-order valence-electron chi connectivity index (χ0n) is 28.7. The number of amides is 2. The highest BCUT2D eigenvalue weighted by molar-refractivity contribution is 6.05. The standard InChI is InChI=1S/C37H55N3O6/c1-9-14-15-16-22-45-35(44)31-30-33(42)40(29(24-41)25(6)11-3)32(37(30)23-26(7)36(31,8)46-37)34(43)39(21-10-2)28-19-17-27(18-20-28)38(12-4)13-5/h9-10,17-20,25-26,29-32,41H,1-2,11-16,21-24H2,3-8H3/t25-,26?,29-,30-,31-,32?,36+,37?/m0/s1. The third kappa shape index (κ3) is 6.01. The quantitative estimate of drug-likeness (QED) is 0.139. The monoisotopic (exact) mass is 637 g/mol. The number of allylic oxidation sites excluding steroid dienone is 1. The molecule has 1 aromatic rings. The maximum absolute atomic E-state index is 15.0. The molecule has 3 heterocycles. The van der Waals surface area contributed by atoms with Gasteiger partial charge in [0.1, 0.15) is 17.6 Å². The van der Waals surface area contributed by atoms with Gasteiger partial charge in [-0.3, -0.25) is 14.4 Å². The highest BCUT2D eigenvalue weighted by Crippen LogP contribution is 2.66. The van der Waals surface area contributed by atoms with Crippen molar-refractivity contribution in [3.63, 3.8) is 0 Å². The largest absolute Gasteiger partial charge is 0.465 e. The Bertz CT molecular complexity index is 1260. The molecule has 2 bridgehead atoms. The Kier molecular flexibility index (Phi) is 11.4. The van der Waals surface area contributed by atoms with Crippen molar-refractivity contribution in [3.05, 3.63) is 49.6 Å². The molecule has 1 spiro atoms. The summed E-state index contributed by atoms with van der Waals surface area (Å²) in [4.78, 5) is 49.0. The van der Waals surface area contributed by atoms with Gasteiger partial charge in [-0.25, -0.2) is 0 Å². The van der Waals surface area contributed by atoms with E-state index in [1.165, 1.54) is 0 Å². The Morgan fingerprint density at radius 2 is 1.78 bits per heavy atom. The summed E-state index contributed by atoms with van der Waals surface area (Å²) in [6.07, 6.45) is 7.03. The van der Waals surface area contributed by atoms with Crippen molar-refractivity contribution in [2.24, 2.45) is 23.7 Å². The summed E-state index contributed by atoms with van der Waals surface area (Å²) in [6, 6.07) is 6.19. The minimum Gasteiger partial charge on any atom is -0.465 e. The molecule has 3 fully saturated rings. The summed E-state index contributed by atoms with van der Waals surface area (Å²) in [7, 11) is 0. The first-order chi connectivity index (χ1) is 22.0. The molecule has 1 aromatic carbocycles. The van der Waals surface area contributed by atoms with Crippen LogP contribution >= 0.6 is 0 Å². The Morgan fingerprint density at radius 1 is 1.13 bits per heavy atom. The van der Waals surface area contributed by atoms with Gasteiger partial charge in [0, 0.05) is 31.0 Å². The SMILES string of the molecule is C=CCCCCOC(=O)[C@@H]1[C@H]2C(=O)N([C@@H](CO)[C@@H](C)CC)C(C(=O)N(CC=C)c3ccc(N(CC)CC)cc3)C23CC(C)[C@@]1(C)O3. The van der Waals surface area contributed by atoms with E-state index in [1.807, 2.05) is 58.0 Å². The number of benzene rings is 1. The molecule has 9 nitrogen and oxygen atoms in total. The van der Waals surface area contributed by atoms with Crippen LogP contribution in [0, 0.1) is 23.7 Å². The van der Waals surface area contributed by atoms with Gasteiger partial charge in [0.15, 0.2) is 0 Å². The van der Waals surface area contributed by atoms with Gasteiger partial charge in [-0.1, -0.05) is 39.3 Å². The Labute approximate surface area is 275 Å². The number of aliphatic hydroxyl groups is 1. The van der Waals surface area contributed by atoms with Crippen LogP contribution in [0.4, 0.5) is 11.4 Å². The fourth-order valence-corrected chi connectivity index (χ4v) is 8.17. The van der Waals surface area contributed by atoms with Crippen LogP contribution in [-0.4, -0.2) is 83.9 Å². The van der Waals surface area contributed by atoms with E-state index in [-0.39, 0.29) is 43.4 Å². The minimum absolute atomic E-state index is 0.0962. The lowest BCUT2D eigenvalue weighted by molar-refractivity contribution is -0.163. The lowest BCUT2D eigenvalue weighted by Crippen LogP contribution is -2.60. The lowest BCUT2D eigenvalue weighted by atomic mass is 9.62. The molecule has 9 heteroatoms. The average Bonchev–Trinajstić information content (AvgIpc) is 3.57. The molecule has 4 rings (SSSR count). The topological polar surface area (TPSA) is 99.6 Å². The summed E-state index contributed by atoms with van der Waals surface area (Å²) < 4.78 is 12.7. The van der Waals surface area contributed by atoms with E-state index in [9.17, 15) is 14.7 Å². The molecule has 46 heavy (non-hydrogen) atoms. The van der Waals surface area contributed by atoms with Gasteiger partial charge in [0.2, 0.25) is 5.91 Å². The van der Waals surface area contributed by atoms with E-state index in [0.717, 1.165) is 31.6 Å². The van der Waals surface area contributed by atoms with Crippen LogP contribution in [0.3, 0.4) is 0 Å². The van der Waals surface area contributed by atoms with E-state index >= 15 is 4.79 Å². The van der Waals surface area contributed by atoms with Gasteiger partial charge in [0.25, 0.3) is 5.91 Å². The average molecular weight is 638 g/mol. The number of anilines is 2. The van der Waals surface area contributed by atoms with E-state index in [2.05, 4.69) is 31.9 Å². The molecule has 0 aromatic heterocycles. The van der Waals surface area contributed by atoms with Crippen LogP contribution in [0.5, 0.6) is 0 Å². The van der Waals surface area contributed by atoms with Crippen LogP contribution in [0.15, 0.2) is 49.6 Å². The third-order valence-corrected chi connectivity index (χ3v) is 11.0. The number of ether oxygens (including phenoxy) is 2. The number of esters is 1. The predicted octanol–water partition coefficient (Wildman–Crippen LogP) is 5.37. The van der Waals surface area contributed by atoms with Crippen molar-refractivity contribution in [1.29, 1.82) is 0 Å². The molecule has 3 aliphatic rings. The molecule has 254 valence electrons. The number of hydrogen-bond donors (Lipinski definition) is 1. The maximum Gasteiger partial charge on any atom is 0.312 e. The van der Waals surface area contributed by atoms with Gasteiger partial charge >= 0.3 is 5.97 Å². The van der Waals surface area contributed by atoms with Crippen LogP contribution in [0.1, 0.15) is 73.6 Å². The molecule has 8 atom stereocenters. The fourth-order valence-electron chi connectivity index (χ4n) is 8.17. The second-order valence-electron chi connectivity index (χ2n) is 13.5. The Morgan fingerprint density at radius 3 is 2.35 bits per heavy atom. The second-order valence-corrected chi connectivity index (χ2v) is 13.5. The first kappa shape index (κ1) is 35.7. The molecule has 3 unspecified atom stereocenters. The normalized spacial score (nSPS) is 29.3. The fraction of sp³-hybridized carbons (Fsp3) is 0.649. The first-order valence-corrected chi connectivity index (χ1v) is 17.2. The van der Waals surface area contributed by atoms with Crippen molar-refractivity contribution in [2.45, 2.75) is 96.9 Å². The van der Waals surface area contributed by atoms with Gasteiger partial charge in [0.05, 0.1) is 30.8 Å². The summed E-state index contributed by atoms with van der Waals surface area (Å²) >= 11 is 0. The van der Waals surface area contributed by atoms with Gasteiger partial charge < -0.3 is 29.3 Å². The number of hydrogen-bond acceptors (Lipinski definition) is 7. The number of carbonyl (C=O) groups is 3. The van der Waals surface area contributed by atoms with Crippen molar-refractivity contribution < 1.29 is 29.0 Å². The minimum atomic E-state index is -1.24. The zero-order valence-corrected chi connectivity index (χ0v) is 28.7. The molecule has 0 radical (unpaired) electrons. The van der Waals surface area contributed by atoms with Crippen molar-refractivity contribution in [1.82, 2.24) is 4.90 Å². The van der Waals surface area contributed by atoms with Gasteiger partial charge in [-0.05, 0) is 82.6 Å². The second kappa shape index (κ2) is 14.7. The molecule has 0 aliphatic carbocycles. The highest BCUT2D eigenvalue weighted by Gasteiger charge is 2.81. The lowest BCUT2D eigenvalue weighted by Gasteiger charge is -2.41. The van der Waals surface area contributed by atoms with Crippen molar-refractivity contribution in [2.75, 3.05) is 42.6 Å². The molecular formula is C37H55N3O6. The number of likely N-dealkylation sites (tertiary alicyclic amines) is 1. The molecule has 1 N–H and O–H groups in total. The van der Waals surface area contributed by atoms with E-state index in [4.69, 9.17) is 9.47 Å². The predicted molar refractivity (Wildman–Crippen MR) is 182 cm³/mol. The third-order valence-electron chi connectivity index (χ3n) is 11.0. The van der Waals surface area contributed by atoms with Gasteiger partial charge in [-0.2, -0.15) is 0 Å². The maximum atomic E-state index is 15.0. The smallest absolute Gasteiger partial charge is 0.312 e. The summed E-state index contributed by atoms with van der Waals surface area (Å²) in [5.74, 6) is -3.04. The molecule has 3 aliphatic heterocycles. The molecular weight excluding hydrogens is 582 g/mol.